The van der Waals surface area contributed by atoms with Gasteiger partial charge in [0.05, 0.1) is 33.8 Å². The monoisotopic (exact) mass is 1130 g/mol. The molecule has 0 spiro atoms. The van der Waals surface area contributed by atoms with Crippen molar-refractivity contribution in [3.63, 3.8) is 0 Å². The summed E-state index contributed by atoms with van der Waals surface area (Å²) in [5.74, 6) is -0.539. The molecular formula is C69H127N2O7P. The van der Waals surface area contributed by atoms with Gasteiger partial charge in [-0.15, -0.1) is 0 Å². The number of rotatable bonds is 60. The zero-order chi connectivity index (χ0) is 57.9. The molecule has 0 heterocycles. The number of unbranched alkanes of at least 4 members (excludes halogenated alkanes) is 34. The summed E-state index contributed by atoms with van der Waals surface area (Å²) in [5, 5.41) is 3.04. The second-order valence-electron chi connectivity index (χ2n) is 23.6. The van der Waals surface area contributed by atoms with Crippen LogP contribution in [0.1, 0.15) is 303 Å². The highest BCUT2D eigenvalue weighted by molar-refractivity contribution is 7.45. The quantitative estimate of drug-likeness (QED) is 0.0212. The van der Waals surface area contributed by atoms with Gasteiger partial charge in [0.2, 0.25) is 5.91 Å². The third-order valence-corrected chi connectivity index (χ3v) is 15.6. The third-order valence-electron chi connectivity index (χ3n) is 14.7. The highest BCUT2D eigenvalue weighted by atomic mass is 31.2. The van der Waals surface area contributed by atoms with Crippen molar-refractivity contribution < 1.29 is 37.3 Å². The molecule has 79 heavy (non-hydrogen) atoms. The van der Waals surface area contributed by atoms with Crippen molar-refractivity contribution in [1.29, 1.82) is 0 Å². The van der Waals surface area contributed by atoms with E-state index in [0.717, 1.165) is 103 Å². The lowest BCUT2D eigenvalue weighted by Gasteiger charge is -2.30. The van der Waals surface area contributed by atoms with Crippen LogP contribution >= 0.6 is 7.82 Å². The van der Waals surface area contributed by atoms with Crippen LogP contribution in [0.4, 0.5) is 0 Å². The summed E-state index contributed by atoms with van der Waals surface area (Å²) in [5.41, 5.74) is 0. The molecule has 3 unspecified atom stereocenters. The van der Waals surface area contributed by atoms with Crippen molar-refractivity contribution >= 4 is 19.7 Å². The van der Waals surface area contributed by atoms with Gasteiger partial charge in [0, 0.05) is 12.8 Å². The fourth-order valence-electron chi connectivity index (χ4n) is 9.55. The van der Waals surface area contributed by atoms with Gasteiger partial charge in [0.25, 0.3) is 7.82 Å². The van der Waals surface area contributed by atoms with Crippen molar-refractivity contribution in [2.75, 3.05) is 40.9 Å². The van der Waals surface area contributed by atoms with Gasteiger partial charge < -0.3 is 28.5 Å². The van der Waals surface area contributed by atoms with Crippen molar-refractivity contribution in [2.24, 2.45) is 0 Å². The van der Waals surface area contributed by atoms with Gasteiger partial charge in [0.15, 0.2) is 0 Å². The van der Waals surface area contributed by atoms with Crippen molar-refractivity contribution in [3.05, 3.63) is 72.9 Å². The smallest absolute Gasteiger partial charge is 0.306 e. The molecule has 0 rings (SSSR count). The topological polar surface area (TPSA) is 114 Å². The number of nitrogens with one attached hydrogen (secondary N) is 1. The van der Waals surface area contributed by atoms with Gasteiger partial charge in [-0.1, -0.05) is 287 Å². The van der Waals surface area contributed by atoms with E-state index in [1.807, 2.05) is 33.3 Å². The van der Waals surface area contributed by atoms with E-state index in [1.54, 1.807) is 0 Å². The second-order valence-corrected chi connectivity index (χ2v) is 25.0. The molecule has 3 atom stereocenters. The zero-order valence-corrected chi connectivity index (χ0v) is 53.5. The predicted octanol–water partition coefficient (Wildman–Crippen LogP) is 20.2. The molecule has 0 saturated carbocycles. The molecule has 0 fully saturated rings. The fourth-order valence-corrected chi connectivity index (χ4v) is 10.3. The molecule has 0 aliphatic rings. The highest BCUT2D eigenvalue weighted by Gasteiger charge is 2.27. The number of allylic oxidation sites excluding steroid dienone is 11. The van der Waals surface area contributed by atoms with Gasteiger partial charge >= 0.3 is 5.97 Å². The number of quaternary nitrogens is 1. The van der Waals surface area contributed by atoms with E-state index >= 15 is 0 Å². The van der Waals surface area contributed by atoms with E-state index in [-0.39, 0.29) is 31.5 Å². The summed E-state index contributed by atoms with van der Waals surface area (Å²) in [6, 6.07) is -0.891. The minimum atomic E-state index is -4.70. The Hall–Kier alpha value is -2.55. The van der Waals surface area contributed by atoms with Gasteiger partial charge in [-0.05, 0) is 76.7 Å². The Labute approximate surface area is 489 Å². The number of nitrogens with zero attached hydrogens (tertiary/aromatic N) is 1. The Balaban J connectivity index is 5.13. The van der Waals surface area contributed by atoms with Crippen LogP contribution < -0.4 is 10.2 Å². The SMILES string of the molecule is CC/C=C\C/C=C\C/C=C\C/C=C\C/C=C\CCCCCCCCCCCC(=O)OC(/C=C/CCCCCCCCCCCC)C(COP(=O)([O-])OCC[N+](C)(C)C)NC(=O)CCCCCCCCCCCCCCCCCC. The number of hydrogen-bond acceptors (Lipinski definition) is 7. The molecule has 1 amide bonds. The van der Waals surface area contributed by atoms with E-state index in [2.05, 4.69) is 86.8 Å². The summed E-state index contributed by atoms with van der Waals surface area (Å²) >= 11 is 0. The number of phosphoric ester groups is 1. The second kappa shape index (κ2) is 58.6. The first-order chi connectivity index (χ1) is 38.4. The molecule has 0 aromatic rings. The van der Waals surface area contributed by atoms with E-state index in [9.17, 15) is 19.0 Å². The maximum atomic E-state index is 13.5. The molecule has 10 heteroatoms. The Morgan fingerprint density at radius 3 is 1.22 bits per heavy atom. The summed E-state index contributed by atoms with van der Waals surface area (Å²) in [6.07, 6.45) is 75.8. The average Bonchev–Trinajstić information content (AvgIpc) is 3.41. The molecule has 0 aromatic heterocycles. The first-order valence-corrected chi connectivity index (χ1v) is 34.7. The van der Waals surface area contributed by atoms with Crippen molar-refractivity contribution in [3.8, 4) is 0 Å². The lowest BCUT2D eigenvalue weighted by atomic mass is 10.0. The van der Waals surface area contributed by atoms with Gasteiger partial charge in [-0.25, -0.2) is 0 Å². The summed E-state index contributed by atoms with van der Waals surface area (Å²) in [6.45, 7) is 6.75. The number of likely N-dealkylation sites (N-methyl/N-ethyl adjacent to an activating group) is 1. The lowest BCUT2D eigenvalue weighted by molar-refractivity contribution is -0.870. The number of amides is 1. The maximum Gasteiger partial charge on any atom is 0.306 e. The minimum absolute atomic E-state index is 0.0237. The predicted molar refractivity (Wildman–Crippen MR) is 339 cm³/mol. The van der Waals surface area contributed by atoms with Crippen LogP contribution in [-0.4, -0.2) is 69.4 Å². The van der Waals surface area contributed by atoms with Crippen LogP contribution in [0.2, 0.25) is 0 Å². The molecule has 460 valence electrons. The van der Waals surface area contributed by atoms with E-state index < -0.39 is 20.0 Å². The van der Waals surface area contributed by atoms with Crippen LogP contribution in [0, 0.1) is 0 Å². The number of carbonyl (C=O) groups excluding carboxylic acids is 2. The zero-order valence-electron chi connectivity index (χ0n) is 52.6. The number of phosphoric acid groups is 1. The maximum absolute atomic E-state index is 13.5. The summed E-state index contributed by atoms with van der Waals surface area (Å²) in [4.78, 5) is 40.1. The molecule has 0 saturated heterocycles. The van der Waals surface area contributed by atoms with E-state index in [0.29, 0.717) is 17.4 Å². The Bertz CT molecular complexity index is 1580. The van der Waals surface area contributed by atoms with Gasteiger partial charge in [-0.3, -0.25) is 14.2 Å². The largest absolute Gasteiger partial charge is 0.756 e. The fraction of sp³-hybridized carbons (Fsp3) is 0.797. The van der Waals surface area contributed by atoms with Crippen LogP contribution in [0.15, 0.2) is 72.9 Å². The molecule has 0 radical (unpaired) electrons. The third kappa shape index (κ3) is 59.9. The first-order valence-electron chi connectivity index (χ1n) is 33.2. The number of esters is 1. The molecular weight excluding hydrogens is 1000 g/mol. The molecule has 0 bridgehead atoms. The molecule has 0 aliphatic carbocycles. The number of carbonyl (C=O) groups is 2. The number of ether oxygens (including phenoxy) is 1. The van der Waals surface area contributed by atoms with Crippen LogP contribution in [0.3, 0.4) is 0 Å². The minimum Gasteiger partial charge on any atom is -0.756 e. The molecule has 9 nitrogen and oxygen atoms in total. The summed E-state index contributed by atoms with van der Waals surface area (Å²) in [7, 11) is 1.19. The van der Waals surface area contributed by atoms with Gasteiger partial charge in [0.1, 0.15) is 19.3 Å². The normalized spacial score (nSPS) is 14.1. The lowest BCUT2D eigenvalue weighted by Crippen LogP contribution is -2.47. The van der Waals surface area contributed by atoms with Crippen LogP contribution in [0.5, 0.6) is 0 Å². The average molecular weight is 1130 g/mol. The van der Waals surface area contributed by atoms with E-state index in [4.69, 9.17) is 13.8 Å². The number of hydrogen-bond donors (Lipinski definition) is 1. The molecule has 0 aliphatic heterocycles. The van der Waals surface area contributed by atoms with Crippen LogP contribution in [-0.2, 0) is 27.9 Å². The van der Waals surface area contributed by atoms with Crippen molar-refractivity contribution in [2.45, 2.75) is 315 Å². The Kier molecular flexibility index (Phi) is 56.7. The Morgan fingerprint density at radius 2 is 0.810 bits per heavy atom. The standard InChI is InChI=1S/C69H127N2O7P/c1-7-10-13-16-19-22-25-28-30-32-33-34-35-36-37-38-39-40-42-44-47-50-53-56-59-62-69(73)78-67(60-57-54-51-48-45-27-24-21-18-15-12-9-3)66(65-77-79(74,75)76-64-63-71(4,5)6)70-68(72)61-58-55-52-49-46-43-41-31-29-26-23-20-17-14-11-8-2/h10,13,19,22,28,30,33-34,36-37,57,60,66-67H,7-9,11-12,14-18,20-21,23-27,29,31-32,35,38-56,58-59,61-65H2,1-6H3,(H-,70,72,74,75)/b13-10-,22-19-,30-28-,34-33-,37-36-,60-57+. The highest BCUT2D eigenvalue weighted by Crippen LogP contribution is 2.38. The molecule has 0 aromatic carbocycles. The molecule has 1 N–H and O–H groups in total. The van der Waals surface area contributed by atoms with E-state index in [1.165, 1.54) is 167 Å². The first kappa shape index (κ1) is 76.5. The Morgan fingerprint density at radius 1 is 0.456 bits per heavy atom. The summed E-state index contributed by atoms with van der Waals surface area (Å²) < 4.78 is 30.4. The van der Waals surface area contributed by atoms with Crippen molar-refractivity contribution in [1.82, 2.24) is 5.32 Å². The van der Waals surface area contributed by atoms with Crippen LogP contribution in [0.25, 0.3) is 0 Å². The van der Waals surface area contributed by atoms with Gasteiger partial charge in [-0.2, -0.15) is 0 Å².